The molecule has 0 saturated carbocycles. The Balaban J connectivity index is 2.24. The van der Waals surface area contributed by atoms with Crippen molar-refractivity contribution in [3.05, 3.63) is 17.8 Å². The van der Waals surface area contributed by atoms with Crippen LogP contribution < -0.4 is 4.74 Å². The van der Waals surface area contributed by atoms with Gasteiger partial charge in [-0.3, -0.25) is 4.79 Å². The molecule has 0 aliphatic carbocycles. The lowest BCUT2D eigenvalue weighted by atomic mass is 9.83. The standard InChI is InChI=1S/C14H20N2O3/c1-13(2)8-9(14(3,4)19-13)12(17)10-6-7-11(18-5)16-15-10/h6-7,9H,8H2,1-5H3. The third-order valence-corrected chi connectivity index (χ3v) is 3.49. The maximum atomic E-state index is 12.5. The quantitative estimate of drug-likeness (QED) is 0.784. The van der Waals surface area contributed by atoms with Crippen LogP contribution in [0.3, 0.4) is 0 Å². The van der Waals surface area contributed by atoms with Crippen molar-refractivity contribution >= 4 is 5.78 Å². The summed E-state index contributed by atoms with van der Waals surface area (Å²) in [4.78, 5) is 12.5. The molecular weight excluding hydrogens is 244 g/mol. The molecule has 2 rings (SSSR count). The second-order valence-corrected chi connectivity index (χ2v) is 6.05. The van der Waals surface area contributed by atoms with Gasteiger partial charge in [0.25, 0.3) is 0 Å². The van der Waals surface area contributed by atoms with Crippen molar-refractivity contribution in [3.63, 3.8) is 0 Å². The molecule has 1 aliphatic rings. The predicted molar refractivity (Wildman–Crippen MR) is 70.3 cm³/mol. The first-order chi connectivity index (χ1) is 8.75. The van der Waals surface area contributed by atoms with E-state index >= 15 is 0 Å². The average molecular weight is 264 g/mol. The van der Waals surface area contributed by atoms with Crippen LogP contribution in [-0.2, 0) is 4.74 Å². The Labute approximate surface area is 113 Å². The van der Waals surface area contributed by atoms with Crippen LogP contribution in [0.15, 0.2) is 12.1 Å². The third kappa shape index (κ3) is 2.76. The molecule has 0 amide bonds. The molecule has 1 aromatic heterocycles. The van der Waals surface area contributed by atoms with Gasteiger partial charge in [-0.2, -0.15) is 0 Å². The van der Waals surface area contributed by atoms with Crippen molar-refractivity contribution in [2.24, 2.45) is 5.92 Å². The first-order valence-corrected chi connectivity index (χ1v) is 6.37. The fraction of sp³-hybridized carbons (Fsp3) is 0.643. The second kappa shape index (κ2) is 4.56. The van der Waals surface area contributed by atoms with E-state index in [2.05, 4.69) is 10.2 Å². The summed E-state index contributed by atoms with van der Waals surface area (Å²) in [5, 5.41) is 7.77. The molecule has 1 fully saturated rings. The number of ether oxygens (including phenoxy) is 2. The normalized spacial score (nSPS) is 24.2. The number of nitrogens with zero attached hydrogens (tertiary/aromatic N) is 2. The molecule has 5 nitrogen and oxygen atoms in total. The van der Waals surface area contributed by atoms with Gasteiger partial charge in [-0.15, -0.1) is 10.2 Å². The van der Waals surface area contributed by atoms with E-state index in [0.29, 0.717) is 18.0 Å². The highest BCUT2D eigenvalue weighted by Crippen LogP contribution is 2.43. The molecule has 0 N–H and O–H groups in total. The smallest absolute Gasteiger partial charge is 0.233 e. The highest BCUT2D eigenvalue weighted by atomic mass is 16.5. The Morgan fingerprint density at radius 1 is 1.32 bits per heavy atom. The van der Waals surface area contributed by atoms with E-state index in [1.807, 2.05) is 27.7 Å². The maximum Gasteiger partial charge on any atom is 0.233 e. The summed E-state index contributed by atoms with van der Waals surface area (Å²) in [5.41, 5.74) is -0.411. The number of hydrogen-bond acceptors (Lipinski definition) is 5. The van der Waals surface area contributed by atoms with Gasteiger partial charge in [0.2, 0.25) is 5.88 Å². The Kier molecular flexibility index (Phi) is 3.34. The number of hydrogen-bond donors (Lipinski definition) is 0. The van der Waals surface area contributed by atoms with Crippen LogP contribution in [0.2, 0.25) is 0 Å². The van der Waals surface area contributed by atoms with Crippen LogP contribution in [0.5, 0.6) is 5.88 Å². The number of carbonyl (C=O) groups excluding carboxylic acids is 1. The van der Waals surface area contributed by atoms with E-state index in [4.69, 9.17) is 9.47 Å². The Bertz CT molecular complexity index is 480. The Morgan fingerprint density at radius 2 is 2.00 bits per heavy atom. The fourth-order valence-electron chi connectivity index (χ4n) is 2.71. The van der Waals surface area contributed by atoms with Crippen molar-refractivity contribution in [1.29, 1.82) is 0 Å². The van der Waals surface area contributed by atoms with Gasteiger partial charge in [-0.05, 0) is 40.2 Å². The Morgan fingerprint density at radius 3 is 2.42 bits per heavy atom. The van der Waals surface area contributed by atoms with Crippen molar-refractivity contribution in [2.45, 2.75) is 45.3 Å². The predicted octanol–water partition coefficient (Wildman–Crippen LogP) is 2.26. The fourth-order valence-corrected chi connectivity index (χ4v) is 2.71. The van der Waals surface area contributed by atoms with Crippen molar-refractivity contribution in [1.82, 2.24) is 10.2 Å². The van der Waals surface area contributed by atoms with Gasteiger partial charge in [0, 0.05) is 6.07 Å². The lowest BCUT2D eigenvalue weighted by molar-refractivity contribution is -0.0712. The lowest BCUT2D eigenvalue weighted by Crippen LogP contribution is -2.34. The second-order valence-electron chi connectivity index (χ2n) is 6.05. The van der Waals surface area contributed by atoms with E-state index in [0.717, 1.165) is 0 Å². The topological polar surface area (TPSA) is 61.3 Å². The molecule has 1 atom stereocenters. The minimum Gasteiger partial charge on any atom is -0.480 e. The van der Waals surface area contributed by atoms with Gasteiger partial charge in [-0.1, -0.05) is 0 Å². The zero-order valence-electron chi connectivity index (χ0n) is 12.1. The first kappa shape index (κ1) is 13.9. The van der Waals surface area contributed by atoms with Gasteiger partial charge < -0.3 is 9.47 Å². The summed E-state index contributed by atoms with van der Waals surface area (Å²) in [6, 6.07) is 3.30. The van der Waals surface area contributed by atoms with Crippen LogP contribution in [0, 0.1) is 5.92 Å². The van der Waals surface area contributed by atoms with E-state index < -0.39 is 5.60 Å². The third-order valence-electron chi connectivity index (χ3n) is 3.49. The SMILES string of the molecule is COc1ccc(C(=O)C2CC(C)(C)OC2(C)C)nn1. The van der Waals surface area contributed by atoms with Crippen molar-refractivity contribution in [2.75, 3.05) is 7.11 Å². The maximum absolute atomic E-state index is 12.5. The average Bonchev–Trinajstić information content (AvgIpc) is 2.56. The molecule has 2 heterocycles. The van der Waals surface area contributed by atoms with Gasteiger partial charge in [0.15, 0.2) is 5.78 Å². The minimum atomic E-state index is -0.484. The van der Waals surface area contributed by atoms with E-state index in [9.17, 15) is 4.79 Å². The molecule has 104 valence electrons. The molecule has 1 saturated heterocycles. The van der Waals surface area contributed by atoms with E-state index in [1.54, 1.807) is 12.1 Å². The first-order valence-electron chi connectivity index (χ1n) is 6.37. The summed E-state index contributed by atoms with van der Waals surface area (Å²) < 4.78 is 10.9. The van der Waals surface area contributed by atoms with E-state index in [-0.39, 0.29) is 17.3 Å². The van der Waals surface area contributed by atoms with Crippen LogP contribution in [0.1, 0.15) is 44.6 Å². The number of methoxy groups -OCH3 is 1. The molecular formula is C14H20N2O3. The van der Waals surface area contributed by atoms with Gasteiger partial charge in [0.05, 0.1) is 24.2 Å². The highest BCUT2D eigenvalue weighted by Gasteiger charge is 2.49. The molecule has 0 bridgehead atoms. The lowest BCUT2D eigenvalue weighted by Gasteiger charge is -2.26. The van der Waals surface area contributed by atoms with Crippen molar-refractivity contribution < 1.29 is 14.3 Å². The molecule has 1 aromatic rings. The van der Waals surface area contributed by atoms with E-state index in [1.165, 1.54) is 7.11 Å². The summed E-state index contributed by atoms with van der Waals surface area (Å²) >= 11 is 0. The molecule has 0 spiro atoms. The number of aromatic nitrogens is 2. The van der Waals surface area contributed by atoms with Crippen LogP contribution in [-0.4, -0.2) is 34.3 Å². The molecule has 19 heavy (non-hydrogen) atoms. The number of carbonyl (C=O) groups is 1. The number of rotatable bonds is 3. The monoisotopic (exact) mass is 264 g/mol. The number of ketones is 1. The van der Waals surface area contributed by atoms with Crippen LogP contribution >= 0.6 is 0 Å². The summed E-state index contributed by atoms with van der Waals surface area (Å²) in [6.07, 6.45) is 0.687. The summed E-state index contributed by atoms with van der Waals surface area (Å²) in [7, 11) is 1.52. The minimum absolute atomic E-state index is 0.0225. The Hall–Kier alpha value is -1.49. The molecule has 5 heteroatoms. The summed E-state index contributed by atoms with van der Waals surface area (Å²) in [6.45, 7) is 7.89. The molecule has 0 radical (unpaired) electrons. The zero-order chi connectivity index (χ0) is 14.3. The summed E-state index contributed by atoms with van der Waals surface area (Å²) in [5.74, 6) is 0.176. The van der Waals surface area contributed by atoms with Crippen molar-refractivity contribution in [3.8, 4) is 5.88 Å². The van der Waals surface area contributed by atoms with Crippen LogP contribution in [0.4, 0.5) is 0 Å². The highest BCUT2D eigenvalue weighted by molar-refractivity contribution is 5.97. The molecule has 1 aliphatic heterocycles. The van der Waals surface area contributed by atoms with Gasteiger partial charge >= 0.3 is 0 Å². The van der Waals surface area contributed by atoms with Crippen LogP contribution in [0.25, 0.3) is 0 Å². The molecule has 0 aromatic carbocycles. The van der Waals surface area contributed by atoms with Gasteiger partial charge in [-0.25, -0.2) is 0 Å². The van der Waals surface area contributed by atoms with Gasteiger partial charge in [0.1, 0.15) is 5.69 Å². The largest absolute Gasteiger partial charge is 0.480 e. The molecule has 1 unspecified atom stereocenters. The zero-order valence-corrected chi connectivity index (χ0v) is 12.1. The number of Topliss-reactive ketones (excluding diaryl/α,β-unsaturated/α-hetero) is 1.